The number of amides is 1. The van der Waals surface area contributed by atoms with Gasteiger partial charge in [-0.2, -0.15) is 13.2 Å². The number of fused-ring (bicyclic) bond motifs is 3. The van der Waals surface area contributed by atoms with Crippen molar-refractivity contribution in [2.45, 2.75) is 37.5 Å². The first-order valence-corrected chi connectivity index (χ1v) is 11.5. The number of nitrogens with one attached hydrogen (secondary N) is 1. The second-order valence-corrected chi connectivity index (χ2v) is 9.15. The Kier molecular flexibility index (Phi) is 6.08. The number of alkyl halides is 3. The molecule has 11 heteroatoms. The molecule has 3 aromatic rings. The summed E-state index contributed by atoms with van der Waals surface area (Å²) in [5.74, 6) is -0.628. The molecule has 0 spiro atoms. The molecule has 3 atom stereocenters. The summed E-state index contributed by atoms with van der Waals surface area (Å²) in [7, 11) is 0. The Bertz CT molecular complexity index is 1260. The van der Waals surface area contributed by atoms with Gasteiger partial charge in [-0.15, -0.1) is 0 Å². The minimum Gasteiger partial charge on any atom is -0.364 e. The van der Waals surface area contributed by atoms with Gasteiger partial charge in [0.05, 0.1) is 22.2 Å². The zero-order chi connectivity index (χ0) is 24.7. The minimum absolute atomic E-state index is 0.101. The third kappa shape index (κ3) is 4.54. The highest BCUT2D eigenvalue weighted by Crippen LogP contribution is 2.40. The molecular formula is C24H20ClF4N5O. The average molecular weight is 506 g/mol. The van der Waals surface area contributed by atoms with Crippen LogP contribution in [0, 0.1) is 11.7 Å². The summed E-state index contributed by atoms with van der Waals surface area (Å²) >= 11 is 6.09. The summed E-state index contributed by atoms with van der Waals surface area (Å²) in [6, 6.07) is 6.19. The normalized spacial score (nSPS) is 21.7. The molecule has 4 heterocycles. The van der Waals surface area contributed by atoms with Gasteiger partial charge in [0, 0.05) is 36.7 Å². The monoisotopic (exact) mass is 505 g/mol. The van der Waals surface area contributed by atoms with Gasteiger partial charge in [0.15, 0.2) is 5.82 Å². The van der Waals surface area contributed by atoms with Crippen LogP contribution in [0.4, 0.5) is 23.4 Å². The predicted molar refractivity (Wildman–Crippen MR) is 121 cm³/mol. The first-order chi connectivity index (χ1) is 16.7. The molecule has 1 aliphatic carbocycles. The molecule has 2 bridgehead atoms. The van der Waals surface area contributed by atoms with Crippen LogP contribution in [0.2, 0.25) is 5.02 Å². The van der Waals surface area contributed by atoms with Gasteiger partial charge in [0.2, 0.25) is 0 Å². The molecule has 1 saturated carbocycles. The lowest BCUT2D eigenvalue weighted by atomic mass is 9.76. The Labute approximate surface area is 203 Å². The van der Waals surface area contributed by atoms with Crippen molar-refractivity contribution in [3.05, 3.63) is 70.9 Å². The lowest BCUT2D eigenvalue weighted by Crippen LogP contribution is -2.60. The summed E-state index contributed by atoms with van der Waals surface area (Å²) < 4.78 is 53.9. The number of pyridine rings is 1. The number of halogens is 5. The number of carbonyl (C=O) groups is 1. The van der Waals surface area contributed by atoms with Crippen molar-refractivity contribution in [3.8, 4) is 11.4 Å². The summed E-state index contributed by atoms with van der Waals surface area (Å²) in [5.41, 5.74) is -0.741. The number of hydrogen-bond donors (Lipinski definition) is 1. The van der Waals surface area contributed by atoms with Crippen LogP contribution in [0.25, 0.3) is 11.4 Å². The molecule has 0 radical (unpaired) electrons. The zero-order valence-electron chi connectivity index (χ0n) is 18.3. The molecule has 1 amide bonds. The van der Waals surface area contributed by atoms with E-state index < -0.39 is 23.5 Å². The number of carbonyl (C=O) groups excluding carboxylic acids is 1. The molecule has 2 aliphatic heterocycles. The summed E-state index contributed by atoms with van der Waals surface area (Å²) in [6.07, 6.45) is 1.46. The molecule has 35 heavy (non-hydrogen) atoms. The van der Waals surface area contributed by atoms with Crippen LogP contribution >= 0.6 is 11.6 Å². The SMILES string of the molecule is O=C(c1c(F)cccc1-c1ncccn1)N1C[C@@H]2CC[C@H]1[C@H](Nc1ncc(C(F)(F)F)cc1Cl)C2. The fourth-order valence-corrected chi connectivity index (χ4v) is 5.19. The van der Waals surface area contributed by atoms with Crippen LogP contribution in [0.15, 0.2) is 48.9 Å². The van der Waals surface area contributed by atoms with Crippen LogP contribution in [-0.2, 0) is 6.18 Å². The summed E-state index contributed by atoms with van der Waals surface area (Å²) in [5, 5.41) is 2.98. The van der Waals surface area contributed by atoms with Crippen LogP contribution in [0.5, 0.6) is 0 Å². The second kappa shape index (κ2) is 9.07. The number of anilines is 1. The van der Waals surface area contributed by atoms with Gasteiger partial charge >= 0.3 is 6.18 Å². The van der Waals surface area contributed by atoms with E-state index in [0.717, 1.165) is 18.7 Å². The first kappa shape index (κ1) is 23.5. The summed E-state index contributed by atoms with van der Waals surface area (Å²) in [6.45, 7) is 0.458. The van der Waals surface area contributed by atoms with E-state index in [2.05, 4.69) is 20.3 Å². The second-order valence-electron chi connectivity index (χ2n) is 8.74. The van der Waals surface area contributed by atoms with Crippen LogP contribution < -0.4 is 5.32 Å². The largest absolute Gasteiger partial charge is 0.417 e. The fourth-order valence-electron chi connectivity index (χ4n) is 4.97. The van der Waals surface area contributed by atoms with E-state index >= 15 is 0 Å². The molecule has 6 rings (SSSR count). The third-order valence-corrected chi connectivity index (χ3v) is 6.85. The highest BCUT2D eigenvalue weighted by Gasteiger charge is 2.44. The number of benzene rings is 1. The van der Waals surface area contributed by atoms with Crippen molar-refractivity contribution in [2.75, 3.05) is 11.9 Å². The van der Waals surface area contributed by atoms with Gasteiger partial charge in [-0.3, -0.25) is 4.79 Å². The molecule has 2 saturated heterocycles. The lowest BCUT2D eigenvalue weighted by molar-refractivity contribution is -0.137. The Morgan fingerprint density at radius 1 is 1.11 bits per heavy atom. The average Bonchev–Trinajstić information content (AvgIpc) is 2.85. The van der Waals surface area contributed by atoms with Gasteiger partial charge in [0.25, 0.3) is 5.91 Å². The van der Waals surface area contributed by atoms with Gasteiger partial charge in [-0.05, 0) is 43.4 Å². The van der Waals surface area contributed by atoms with Crippen molar-refractivity contribution < 1.29 is 22.4 Å². The number of rotatable bonds is 4. The Morgan fingerprint density at radius 3 is 2.57 bits per heavy atom. The number of piperidine rings is 2. The quantitative estimate of drug-likeness (QED) is 0.477. The molecule has 0 unspecified atom stereocenters. The van der Waals surface area contributed by atoms with Gasteiger partial charge in [-0.1, -0.05) is 23.7 Å². The predicted octanol–water partition coefficient (Wildman–Crippen LogP) is 5.46. The van der Waals surface area contributed by atoms with E-state index in [0.29, 0.717) is 24.9 Å². The van der Waals surface area contributed by atoms with Crippen molar-refractivity contribution >= 4 is 23.3 Å². The molecule has 3 aliphatic rings. The summed E-state index contributed by atoms with van der Waals surface area (Å²) in [4.78, 5) is 27.5. The van der Waals surface area contributed by atoms with Gasteiger partial charge < -0.3 is 10.2 Å². The van der Waals surface area contributed by atoms with E-state index in [9.17, 15) is 22.4 Å². The highest BCUT2D eigenvalue weighted by molar-refractivity contribution is 6.33. The number of aromatic nitrogens is 3. The molecule has 6 nitrogen and oxygen atoms in total. The van der Waals surface area contributed by atoms with E-state index in [4.69, 9.17) is 11.6 Å². The zero-order valence-corrected chi connectivity index (χ0v) is 19.0. The lowest BCUT2D eigenvalue weighted by Gasteiger charge is -2.50. The van der Waals surface area contributed by atoms with Gasteiger partial charge in [0.1, 0.15) is 11.6 Å². The highest BCUT2D eigenvalue weighted by atomic mass is 35.5. The maximum atomic E-state index is 15.0. The first-order valence-electron chi connectivity index (χ1n) is 11.1. The maximum Gasteiger partial charge on any atom is 0.417 e. The van der Waals surface area contributed by atoms with E-state index in [1.165, 1.54) is 24.5 Å². The number of nitrogens with zero attached hydrogens (tertiary/aromatic N) is 4. The Balaban J connectivity index is 1.43. The minimum atomic E-state index is -4.55. The third-order valence-electron chi connectivity index (χ3n) is 6.56. The fraction of sp³-hybridized carbons (Fsp3) is 0.333. The standard InChI is InChI=1S/C24H20ClF4N5O/c25-16-10-14(24(27,28)29)11-32-22(16)33-18-9-13-5-6-19(18)34(12-13)23(35)20-15(3-1-4-17(20)26)21-30-7-2-8-31-21/h1-4,7-8,10-11,13,18-19H,5-6,9,12H2,(H,32,33)/t13-,18-,19+/m1/s1. The molecule has 1 N–H and O–H groups in total. The maximum absolute atomic E-state index is 15.0. The smallest absolute Gasteiger partial charge is 0.364 e. The molecule has 182 valence electrons. The van der Waals surface area contributed by atoms with Crippen molar-refractivity contribution in [1.82, 2.24) is 19.9 Å². The van der Waals surface area contributed by atoms with E-state index in [-0.39, 0.29) is 40.2 Å². The van der Waals surface area contributed by atoms with Crippen LogP contribution in [0.3, 0.4) is 0 Å². The van der Waals surface area contributed by atoms with Crippen LogP contribution in [-0.4, -0.2) is 44.4 Å². The molecule has 2 aromatic heterocycles. The van der Waals surface area contributed by atoms with Crippen molar-refractivity contribution in [2.24, 2.45) is 5.92 Å². The van der Waals surface area contributed by atoms with Crippen molar-refractivity contribution in [3.63, 3.8) is 0 Å². The molecule has 3 fully saturated rings. The van der Waals surface area contributed by atoms with Crippen LogP contribution in [0.1, 0.15) is 35.2 Å². The van der Waals surface area contributed by atoms with E-state index in [1.54, 1.807) is 17.0 Å². The Morgan fingerprint density at radius 2 is 1.89 bits per heavy atom. The van der Waals surface area contributed by atoms with E-state index in [1.807, 2.05) is 0 Å². The number of hydrogen-bond acceptors (Lipinski definition) is 5. The molecule has 1 aromatic carbocycles. The van der Waals surface area contributed by atoms with Gasteiger partial charge in [-0.25, -0.2) is 19.3 Å². The van der Waals surface area contributed by atoms with Crippen molar-refractivity contribution in [1.29, 1.82) is 0 Å². The topological polar surface area (TPSA) is 71.0 Å². The molecular weight excluding hydrogens is 486 g/mol. The Hall–Kier alpha value is -3.27.